The van der Waals surface area contributed by atoms with E-state index < -0.39 is 0 Å². The number of nitrogens with one attached hydrogen (secondary N) is 1. The first-order chi connectivity index (χ1) is 9.69. The number of fused-ring (bicyclic) bond motifs is 1. The minimum absolute atomic E-state index is 0.716. The van der Waals surface area contributed by atoms with Gasteiger partial charge < -0.3 is 5.32 Å². The summed E-state index contributed by atoms with van der Waals surface area (Å²) in [5.74, 6) is 0. The predicted octanol–water partition coefficient (Wildman–Crippen LogP) is 2.59. The first-order valence-electron chi connectivity index (χ1n) is 7.57. The van der Waals surface area contributed by atoms with Crippen LogP contribution in [0.4, 0.5) is 0 Å². The molecule has 1 aliphatic heterocycles. The van der Waals surface area contributed by atoms with E-state index in [0.717, 1.165) is 23.7 Å². The number of hydrogen-bond donors (Lipinski definition) is 1. The van der Waals surface area contributed by atoms with Crippen molar-refractivity contribution in [2.75, 3.05) is 19.6 Å². The number of likely N-dealkylation sites (tertiary alicyclic amines) is 1. The third-order valence-corrected chi connectivity index (χ3v) is 5.22. The molecule has 2 aromatic rings. The van der Waals surface area contributed by atoms with Crippen molar-refractivity contribution < 1.29 is 0 Å². The number of likely N-dealkylation sites (N-methyl/N-ethyl adjacent to an activating group) is 1. The average Bonchev–Trinajstić information content (AvgIpc) is 3.06. The Hall–Kier alpha value is -0.910. The van der Waals surface area contributed by atoms with E-state index in [1.165, 1.54) is 36.5 Å². The van der Waals surface area contributed by atoms with Crippen LogP contribution in [0.1, 0.15) is 36.0 Å². The maximum atomic E-state index is 4.65. The van der Waals surface area contributed by atoms with Gasteiger partial charge in [0.15, 0.2) is 4.96 Å². The minimum Gasteiger partial charge on any atom is -0.310 e. The highest BCUT2D eigenvalue weighted by Gasteiger charge is 2.22. The molecule has 1 fully saturated rings. The van der Waals surface area contributed by atoms with Crippen LogP contribution in [0.3, 0.4) is 0 Å². The summed E-state index contributed by atoms with van der Waals surface area (Å²) in [5, 5.41) is 3.64. The van der Waals surface area contributed by atoms with Gasteiger partial charge in [-0.3, -0.25) is 9.30 Å². The topological polar surface area (TPSA) is 32.6 Å². The SMILES string of the molecule is CCN1CCC[C@@H]1CNCc1c(C)nc2sc(C)cn12. The van der Waals surface area contributed by atoms with Crippen LogP contribution in [0.25, 0.3) is 4.96 Å². The van der Waals surface area contributed by atoms with Crippen molar-refractivity contribution in [2.24, 2.45) is 0 Å². The van der Waals surface area contributed by atoms with E-state index >= 15 is 0 Å². The molecular formula is C15H24N4S. The second-order valence-corrected chi connectivity index (χ2v) is 6.91. The van der Waals surface area contributed by atoms with Gasteiger partial charge in [-0.25, -0.2) is 4.98 Å². The van der Waals surface area contributed by atoms with E-state index in [1.54, 1.807) is 11.3 Å². The van der Waals surface area contributed by atoms with E-state index in [4.69, 9.17) is 0 Å². The molecular weight excluding hydrogens is 268 g/mol. The van der Waals surface area contributed by atoms with Crippen LogP contribution < -0.4 is 5.32 Å². The smallest absolute Gasteiger partial charge is 0.194 e. The predicted molar refractivity (Wildman–Crippen MR) is 84.5 cm³/mol. The molecule has 1 aliphatic rings. The summed E-state index contributed by atoms with van der Waals surface area (Å²) < 4.78 is 2.24. The summed E-state index contributed by atoms with van der Waals surface area (Å²) in [6.45, 7) is 11.0. The van der Waals surface area contributed by atoms with E-state index in [1.807, 2.05) is 0 Å². The van der Waals surface area contributed by atoms with E-state index in [0.29, 0.717) is 6.04 Å². The number of rotatable bonds is 5. The zero-order valence-corrected chi connectivity index (χ0v) is 13.5. The number of aryl methyl sites for hydroxylation is 2. The Balaban J connectivity index is 1.63. The van der Waals surface area contributed by atoms with Crippen molar-refractivity contribution in [1.82, 2.24) is 19.6 Å². The maximum absolute atomic E-state index is 4.65. The van der Waals surface area contributed by atoms with E-state index in [-0.39, 0.29) is 0 Å². The molecule has 110 valence electrons. The second-order valence-electron chi connectivity index (χ2n) is 5.69. The monoisotopic (exact) mass is 292 g/mol. The first kappa shape index (κ1) is 14.0. The molecule has 0 spiro atoms. The van der Waals surface area contributed by atoms with Crippen molar-refractivity contribution in [3.63, 3.8) is 0 Å². The fraction of sp³-hybridized carbons (Fsp3) is 0.667. The lowest BCUT2D eigenvalue weighted by molar-refractivity contribution is 0.259. The fourth-order valence-corrected chi connectivity index (χ4v) is 4.11. The fourth-order valence-electron chi connectivity index (χ4n) is 3.22. The number of thiazole rings is 1. The van der Waals surface area contributed by atoms with Crippen molar-refractivity contribution >= 4 is 16.3 Å². The van der Waals surface area contributed by atoms with E-state index in [2.05, 4.69) is 46.6 Å². The lowest BCUT2D eigenvalue weighted by Gasteiger charge is -2.22. The van der Waals surface area contributed by atoms with Gasteiger partial charge in [0.05, 0.1) is 11.4 Å². The summed E-state index contributed by atoms with van der Waals surface area (Å²) in [6.07, 6.45) is 4.88. The average molecular weight is 292 g/mol. The van der Waals surface area contributed by atoms with Crippen LogP contribution >= 0.6 is 11.3 Å². The van der Waals surface area contributed by atoms with Gasteiger partial charge in [0.2, 0.25) is 0 Å². The molecule has 20 heavy (non-hydrogen) atoms. The molecule has 3 heterocycles. The van der Waals surface area contributed by atoms with Crippen LogP contribution in [0.5, 0.6) is 0 Å². The number of aromatic nitrogens is 2. The van der Waals surface area contributed by atoms with Gasteiger partial charge in [0.25, 0.3) is 0 Å². The van der Waals surface area contributed by atoms with Gasteiger partial charge >= 0.3 is 0 Å². The van der Waals surface area contributed by atoms with Gasteiger partial charge in [-0.05, 0) is 39.8 Å². The molecule has 0 saturated carbocycles. The molecule has 0 unspecified atom stereocenters. The molecule has 0 aromatic carbocycles. The molecule has 3 rings (SSSR count). The molecule has 4 nitrogen and oxygen atoms in total. The Morgan fingerprint density at radius 1 is 1.45 bits per heavy atom. The van der Waals surface area contributed by atoms with Gasteiger partial charge in [-0.2, -0.15) is 0 Å². The summed E-state index contributed by atoms with van der Waals surface area (Å²) in [5.41, 5.74) is 2.47. The summed E-state index contributed by atoms with van der Waals surface area (Å²) in [7, 11) is 0. The minimum atomic E-state index is 0.716. The first-order valence-corrected chi connectivity index (χ1v) is 8.39. The zero-order valence-electron chi connectivity index (χ0n) is 12.6. The highest BCUT2D eigenvalue weighted by Crippen LogP contribution is 2.21. The van der Waals surface area contributed by atoms with Gasteiger partial charge in [-0.1, -0.05) is 6.92 Å². The van der Waals surface area contributed by atoms with E-state index in [9.17, 15) is 0 Å². The molecule has 5 heteroatoms. The molecule has 2 aromatic heterocycles. The Labute approximate surface area is 124 Å². The van der Waals surface area contributed by atoms with Crippen molar-refractivity contribution in [1.29, 1.82) is 0 Å². The Morgan fingerprint density at radius 3 is 3.10 bits per heavy atom. The summed E-state index contributed by atoms with van der Waals surface area (Å²) >= 11 is 1.77. The number of nitrogens with zero attached hydrogens (tertiary/aromatic N) is 3. The Bertz CT molecular complexity index is 586. The largest absolute Gasteiger partial charge is 0.310 e. The van der Waals surface area contributed by atoms with Gasteiger partial charge in [0, 0.05) is 30.2 Å². The number of imidazole rings is 1. The zero-order chi connectivity index (χ0) is 14.1. The highest BCUT2D eigenvalue weighted by molar-refractivity contribution is 7.17. The van der Waals surface area contributed by atoms with Crippen LogP contribution in [0.15, 0.2) is 6.20 Å². The second kappa shape index (κ2) is 5.84. The van der Waals surface area contributed by atoms with Crippen LogP contribution in [0.2, 0.25) is 0 Å². The molecule has 0 aliphatic carbocycles. The molecule has 0 amide bonds. The number of hydrogen-bond acceptors (Lipinski definition) is 4. The van der Waals surface area contributed by atoms with Gasteiger partial charge in [-0.15, -0.1) is 11.3 Å². The lowest BCUT2D eigenvalue weighted by atomic mass is 10.2. The molecule has 0 bridgehead atoms. The lowest BCUT2D eigenvalue weighted by Crippen LogP contribution is -2.37. The third-order valence-electron chi connectivity index (χ3n) is 4.32. The molecule has 1 saturated heterocycles. The van der Waals surface area contributed by atoms with Gasteiger partial charge in [0.1, 0.15) is 0 Å². The maximum Gasteiger partial charge on any atom is 0.194 e. The summed E-state index contributed by atoms with van der Waals surface area (Å²) in [4.78, 5) is 9.67. The van der Waals surface area contributed by atoms with Crippen molar-refractivity contribution in [3.8, 4) is 0 Å². The highest BCUT2D eigenvalue weighted by atomic mass is 32.1. The quantitative estimate of drug-likeness (QED) is 0.919. The molecule has 1 N–H and O–H groups in total. The standard InChI is InChI=1S/C15H24N4S/c1-4-18-7-5-6-13(18)8-16-9-14-12(3)17-15-19(14)10-11(2)20-15/h10,13,16H,4-9H2,1-3H3/t13-/m1/s1. The van der Waals surface area contributed by atoms with Crippen LogP contribution in [-0.2, 0) is 6.54 Å². The van der Waals surface area contributed by atoms with Crippen molar-refractivity contribution in [2.45, 2.75) is 46.2 Å². The third kappa shape index (κ3) is 2.62. The molecule has 0 radical (unpaired) electrons. The van der Waals surface area contributed by atoms with Crippen molar-refractivity contribution in [3.05, 3.63) is 22.5 Å². The summed E-state index contributed by atoms with van der Waals surface area (Å²) in [6, 6.07) is 0.716. The molecule has 1 atom stereocenters. The van der Waals surface area contributed by atoms with Crippen LogP contribution in [0, 0.1) is 13.8 Å². The normalized spacial score (nSPS) is 20.2. The van der Waals surface area contributed by atoms with Crippen LogP contribution in [-0.4, -0.2) is 40.0 Å². The Morgan fingerprint density at radius 2 is 2.30 bits per heavy atom. The Kier molecular flexibility index (Phi) is 4.10.